The first-order valence-electron chi connectivity index (χ1n) is 21.8. The number of carbonyl (C=O) groups is 2. The molecule has 1 saturated carbocycles. The van der Waals surface area contributed by atoms with Gasteiger partial charge in [0.2, 0.25) is 12.6 Å². The van der Waals surface area contributed by atoms with Crippen LogP contribution in [0.15, 0.2) is 90.1 Å². The van der Waals surface area contributed by atoms with Gasteiger partial charge in [-0.25, -0.2) is 4.79 Å². The molecule has 0 spiro atoms. The van der Waals surface area contributed by atoms with Gasteiger partial charge in [-0.15, -0.1) is 6.58 Å². The molecule has 0 unspecified atom stereocenters. The third kappa shape index (κ3) is 9.65. The maximum Gasteiger partial charge on any atom is 0.410 e. The number of hydrogen-bond donors (Lipinski definition) is 2. The highest BCUT2D eigenvalue weighted by molar-refractivity contribution is 6.03. The predicted octanol–water partition coefficient (Wildman–Crippen LogP) is 9.11. The highest BCUT2D eigenvalue weighted by Gasteiger charge is 2.65. The van der Waals surface area contributed by atoms with Crippen LogP contribution >= 0.6 is 0 Å². The van der Waals surface area contributed by atoms with Crippen molar-refractivity contribution >= 4 is 18.1 Å². The molecule has 1 fully saturated rings. The molecule has 62 heavy (non-hydrogen) atoms. The summed E-state index contributed by atoms with van der Waals surface area (Å²) < 4.78 is 38.1. The Balaban J connectivity index is 1.46. The third-order valence-corrected chi connectivity index (χ3v) is 12.0. The largest absolute Gasteiger partial charge is 0.459 e. The summed E-state index contributed by atoms with van der Waals surface area (Å²) in [5.74, 6) is 0.609. The molecule has 2 N–H and O–H groups in total. The minimum Gasteiger partial charge on any atom is -0.459 e. The number of aliphatic hydroxyl groups excluding tert-OH is 2. The number of carbonyl (C=O) groups excluding carboxylic acids is 2. The molecule has 6 atom stereocenters. The number of rotatable bonds is 19. The van der Waals surface area contributed by atoms with Crippen molar-refractivity contribution in [3.05, 3.63) is 102 Å². The van der Waals surface area contributed by atoms with Gasteiger partial charge in [-0.3, -0.25) is 9.69 Å². The van der Waals surface area contributed by atoms with E-state index in [0.717, 1.165) is 48.7 Å². The molecule has 7 rings (SSSR count). The van der Waals surface area contributed by atoms with E-state index in [9.17, 15) is 19.8 Å². The van der Waals surface area contributed by atoms with Crippen molar-refractivity contribution < 1.29 is 53.1 Å². The molecule has 2 heterocycles. The number of nitrogens with zero attached hydrogens (tertiary/aromatic N) is 2. The smallest absolute Gasteiger partial charge is 0.410 e. The van der Waals surface area contributed by atoms with Crippen LogP contribution in [-0.2, 0) is 20.9 Å². The molecule has 0 aromatic heterocycles. The van der Waals surface area contributed by atoms with Gasteiger partial charge < -0.3 is 43.5 Å². The molecule has 3 aromatic carbocycles. The Kier molecular flexibility index (Phi) is 14.2. The van der Waals surface area contributed by atoms with E-state index in [1.807, 2.05) is 57.2 Å². The van der Waals surface area contributed by atoms with E-state index in [0.29, 0.717) is 52.9 Å². The SMILES string of the molecule is C=CCO[C@@]12Oc3ccc(Oc4cccc(C=O)c4)cc3[C@H]3[C@H](CCCCO)[C@@H](CCCCO)C=C(C(=NOC(C)(C)C)C[C@@H]1N(Cc1ccc4c(c1)OCO4)C(=O)OCC)[C@H]32. The van der Waals surface area contributed by atoms with E-state index in [-0.39, 0.29) is 63.9 Å². The normalized spacial score (nSPS) is 23.9. The molecule has 1 amide bonds. The van der Waals surface area contributed by atoms with Crippen molar-refractivity contribution in [3.8, 4) is 28.7 Å². The van der Waals surface area contributed by atoms with E-state index >= 15 is 0 Å². The lowest BCUT2D eigenvalue weighted by Gasteiger charge is -2.60. The summed E-state index contributed by atoms with van der Waals surface area (Å²) in [4.78, 5) is 34.1. The Bertz CT molecular complexity index is 2130. The number of benzene rings is 3. The van der Waals surface area contributed by atoms with E-state index in [1.54, 1.807) is 42.2 Å². The number of fused-ring (bicyclic) bond motifs is 3. The standard InChI is InChI=1S/C49H60N2O11/c1-6-23-59-49-44(51(47(55)56-7-2)29-32-17-19-42-43(25-32)58-31-57-42)28-40(50-62-48(3,4)5)38-26-34(14-8-10-21-52)37(16-9-11-22-53)45(46(38)49)39-27-36(18-20-41(39)61-49)60-35-15-12-13-33(24-35)30-54/h6,12-13,15,17-20,24-27,30,34,37,44-46,52-53H,1,7-11,14,16,21-23,28-29,31H2,2-5H3/t34-,37+,44-,45+,46+,49+/m0/s1. The number of hydrogen-bond acceptors (Lipinski definition) is 12. The minimum atomic E-state index is -1.49. The Morgan fingerprint density at radius 2 is 1.73 bits per heavy atom. The van der Waals surface area contributed by atoms with Gasteiger partial charge in [-0.1, -0.05) is 48.3 Å². The number of oxime groups is 1. The molecule has 3 aromatic rings. The quantitative estimate of drug-likeness (QED) is 0.0514. The van der Waals surface area contributed by atoms with Gasteiger partial charge in [0.15, 0.2) is 11.5 Å². The number of unbranched alkanes of at least 4 members (excludes halogenated alkanes) is 2. The van der Waals surface area contributed by atoms with Crippen LogP contribution in [0.1, 0.15) is 100 Å². The minimum absolute atomic E-state index is 0.00503. The zero-order valence-corrected chi connectivity index (χ0v) is 36.3. The topological polar surface area (TPSA) is 155 Å². The van der Waals surface area contributed by atoms with Crippen LogP contribution in [0.3, 0.4) is 0 Å². The Morgan fingerprint density at radius 1 is 0.968 bits per heavy atom. The maximum absolute atomic E-state index is 14.5. The molecule has 2 aliphatic carbocycles. The molecule has 2 aliphatic heterocycles. The fourth-order valence-electron chi connectivity index (χ4n) is 9.44. The first-order valence-corrected chi connectivity index (χ1v) is 21.8. The summed E-state index contributed by atoms with van der Waals surface area (Å²) in [7, 11) is 0. The van der Waals surface area contributed by atoms with E-state index in [2.05, 4.69) is 12.7 Å². The highest BCUT2D eigenvalue weighted by atomic mass is 16.7. The van der Waals surface area contributed by atoms with Crippen molar-refractivity contribution in [2.75, 3.05) is 33.2 Å². The number of amides is 1. The molecular weight excluding hydrogens is 793 g/mol. The summed E-state index contributed by atoms with van der Waals surface area (Å²) in [6.07, 6.45) is 8.87. The van der Waals surface area contributed by atoms with E-state index in [1.165, 1.54) is 0 Å². The molecule has 0 bridgehead atoms. The van der Waals surface area contributed by atoms with Crippen molar-refractivity contribution in [1.29, 1.82) is 0 Å². The Hall–Kier alpha value is -5.37. The predicted molar refractivity (Wildman–Crippen MR) is 233 cm³/mol. The van der Waals surface area contributed by atoms with Crippen LogP contribution < -0.4 is 18.9 Å². The Morgan fingerprint density at radius 3 is 2.47 bits per heavy atom. The van der Waals surface area contributed by atoms with E-state index in [4.69, 9.17) is 38.4 Å². The summed E-state index contributed by atoms with van der Waals surface area (Å²) in [5.41, 5.74) is 3.13. The van der Waals surface area contributed by atoms with Crippen molar-refractivity contribution in [1.82, 2.24) is 4.90 Å². The lowest BCUT2D eigenvalue weighted by atomic mass is 9.55. The number of aldehydes is 1. The average Bonchev–Trinajstić information content (AvgIpc) is 3.73. The number of allylic oxidation sites excluding steroid dienone is 1. The second-order valence-corrected chi connectivity index (χ2v) is 17.3. The lowest BCUT2D eigenvalue weighted by Crippen LogP contribution is -2.70. The zero-order valence-electron chi connectivity index (χ0n) is 36.3. The molecule has 13 heteroatoms. The fraction of sp³-hybridized carbons (Fsp3) is 0.490. The second-order valence-electron chi connectivity index (χ2n) is 17.3. The molecule has 13 nitrogen and oxygen atoms in total. The lowest BCUT2D eigenvalue weighted by molar-refractivity contribution is -0.256. The van der Waals surface area contributed by atoms with Crippen molar-refractivity contribution in [2.45, 2.75) is 103 Å². The Labute approximate surface area is 364 Å². The number of ether oxygens (including phenoxy) is 6. The summed E-state index contributed by atoms with van der Waals surface area (Å²) in [6.45, 7) is 12.3. The van der Waals surface area contributed by atoms with Crippen molar-refractivity contribution in [3.63, 3.8) is 0 Å². The second kappa shape index (κ2) is 19.8. The first-order chi connectivity index (χ1) is 30.0. The van der Waals surface area contributed by atoms with E-state index < -0.39 is 29.4 Å². The molecule has 0 radical (unpaired) electrons. The van der Waals surface area contributed by atoms with Crippen LogP contribution in [0.4, 0.5) is 4.79 Å². The molecule has 332 valence electrons. The molecule has 0 saturated heterocycles. The number of aliphatic hydroxyl groups is 2. The van der Waals surface area contributed by atoms with Gasteiger partial charge in [0.1, 0.15) is 35.2 Å². The van der Waals surface area contributed by atoms with Gasteiger partial charge in [-0.05, 0) is 119 Å². The van der Waals surface area contributed by atoms with Crippen LogP contribution in [-0.4, -0.2) is 83.9 Å². The van der Waals surface area contributed by atoms with Crippen LogP contribution in [0, 0.1) is 17.8 Å². The zero-order chi connectivity index (χ0) is 43.9. The molecule has 4 aliphatic rings. The van der Waals surface area contributed by atoms with Gasteiger partial charge in [0.25, 0.3) is 0 Å². The summed E-state index contributed by atoms with van der Waals surface area (Å²) in [6, 6.07) is 17.6. The first kappa shape index (κ1) is 44.7. The highest BCUT2D eigenvalue weighted by Crippen LogP contribution is 2.62. The van der Waals surface area contributed by atoms with Gasteiger partial charge in [0, 0.05) is 43.2 Å². The monoisotopic (exact) mass is 852 g/mol. The fourth-order valence-corrected chi connectivity index (χ4v) is 9.44. The van der Waals surface area contributed by atoms with Gasteiger partial charge in [0.05, 0.1) is 24.8 Å². The van der Waals surface area contributed by atoms with Gasteiger partial charge >= 0.3 is 6.09 Å². The summed E-state index contributed by atoms with van der Waals surface area (Å²) >= 11 is 0. The van der Waals surface area contributed by atoms with Gasteiger partial charge in [-0.2, -0.15) is 0 Å². The average molecular weight is 853 g/mol. The van der Waals surface area contributed by atoms with Crippen molar-refractivity contribution in [2.24, 2.45) is 22.9 Å². The van der Waals surface area contributed by atoms with Crippen LogP contribution in [0.2, 0.25) is 0 Å². The van der Waals surface area contributed by atoms with Crippen LogP contribution in [0.5, 0.6) is 28.7 Å². The molecular formula is C49H60N2O11. The maximum atomic E-state index is 14.5. The van der Waals surface area contributed by atoms with Crippen LogP contribution in [0.25, 0.3) is 0 Å². The summed E-state index contributed by atoms with van der Waals surface area (Å²) in [5, 5.41) is 24.8. The third-order valence-electron chi connectivity index (χ3n) is 12.0.